The van der Waals surface area contributed by atoms with Crippen LogP contribution in [0.15, 0.2) is 21.5 Å². The van der Waals surface area contributed by atoms with Gasteiger partial charge in [0.15, 0.2) is 5.82 Å². The maximum atomic E-state index is 12.7. The highest BCUT2D eigenvalue weighted by atomic mass is 16.5. The zero-order valence-electron chi connectivity index (χ0n) is 13.5. The first-order valence-electron chi connectivity index (χ1n) is 8.29. The van der Waals surface area contributed by atoms with Crippen LogP contribution in [0.1, 0.15) is 55.1 Å². The Balaban J connectivity index is 1.52. The van der Waals surface area contributed by atoms with Crippen LogP contribution in [0.2, 0.25) is 0 Å². The lowest BCUT2D eigenvalue weighted by Crippen LogP contribution is -2.37. The summed E-state index contributed by atoms with van der Waals surface area (Å²) in [6, 6.07) is 2.90. The first kappa shape index (κ1) is 15.0. The number of hydrogen-bond donors (Lipinski definition) is 0. The molecule has 0 spiro atoms. The molecule has 126 valence electrons. The molecule has 4 rings (SSSR count). The van der Waals surface area contributed by atoms with Gasteiger partial charge in [-0.3, -0.25) is 9.59 Å². The Morgan fingerprint density at radius 3 is 2.96 bits per heavy atom. The molecule has 8 heteroatoms. The minimum absolute atomic E-state index is 0.0651. The Hall–Kier alpha value is -2.51. The average Bonchev–Trinajstić information content (AvgIpc) is 3.10. The number of nitrogens with zero attached hydrogens (tertiary/aromatic N) is 5. The quantitative estimate of drug-likeness (QED) is 0.836. The molecule has 0 radical (unpaired) electrons. The van der Waals surface area contributed by atoms with Crippen molar-refractivity contribution >= 4 is 5.91 Å². The summed E-state index contributed by atoms with van der Waals surface area (Å²) < 4.78 is 6.52. The predicted molar refractivity (Wildman–Crippen MR) is 83.2 cm³/mol. The van der Waals surface area contributed by atoms with Gasteiger partial charge in [0.05, 0.1) is 11.7 Å². The third kappa shape index (κ3) is 2.83. The third-order valence-corrected chi connectivity index (χ3v) is 4.54. The number of aryl methyl sites for hydroxylation is 1. The molecule has 1 aliphatic heterocycles. The zero-order valence-corrected chi connectivity index (χ0v) is 13.5. The van der Waals surface area contributed by atoms with Crippen LogP contribution in [-0.4, -0.2) is 37.3 Å². The maximum absolute atomic E-state index is 12.7. The van der Waals surface area contributed by atoms with Gasteiger partial charge in [0.25, 0.3) is 5.56 Å². The van der Waals surface area contributed by atoms with Crippen molar-refractivity contribution in [2.24, 2.45) is 0 Å². The molecular weight excluding hydrogens is 310 g/mol. The van der Waals surface area contributed by atoms with Gasteiger partial charge in [0.1, 0.15) is 6.54 Å². The molecule has 2 aromatic heterocycles. The lowest BCUT2D eigenvalue weighted by Gasteiger charge is -2.22. The van der Waals surface area contributed by atoms with Crippen molar-refractivity contribution < 1.29 is 9.32 Å². The number of carbonyl (C=O) groups excluding carboxylic acids is 1. The molecule has 2 aliphatic rings. The molecule has 1 aliphatic carbocycles. The van der Waals surface area contributed by atoms with E-state index in [0.29, 0.717) is 29.9 Å². The summed E-state index contributed by atoms with van der Waals surface area (Å²) in [6.07, 6.45) is 3.89. The second-order valence-corrected chi connectivity index (χ2v) is 6.48. The van der Waals surface area contributed by atoms with Crippen LogP contribution in [0.3, 0.4) is 0 Å². The minimum atomic E-state index is -0.278. The van der Waals surface area contributed by atoms with E-state index in [1.807, 2.05) is 0 Å². The maximum Gasteiger partial charge on any atom is 0.267 e. The molecule has 2 aromatic rings. The number of likely N-dealkylation sites (tertiary alicyclic amines) is 1. The Labute approximate surface area is 138 Å². The second kappa shape index (κ2) is 5.85. The second-order valence-electron chi connectivity index (χ2n) is 6.48. The van der Waals surface area contributed by atoms with Crippen LogP contribution in [-0.2, 0) is 11.3 Å². The Morgan fingerprint density at radius 2 is 2.17 bits per heavy atom. The molecule has 1 saturated heterocycles. The van der Waals surface area contributed by atoms with Gasteiger partial charge in [-0.1, -0.05) is 5.16 Å². The fourth-order valence-corrected chi connectivity index (χ4v) is 3.10. The molecule has 8 nitrogen and oxygen atoms in total. The van der Waals surface area contributed by atoms with E-state index in [-0.39, 0.29) is 24.1 Å². The van der Waals surface area contributed by atoms with Crippen molar-refractivity contribution in [1.82, 2.24) is 24.8 Å². The molecule has 0 aromatic carbocycles. The van der Waals surface area contributed by atoms with E-state index in [1.165, 1.54) is 10.7 Å². The third-order valence-electron chi connectivity index (χ3n) is 4.54. The smallest absolute Gasteiger partial charge is 0.267 e. The summed E-state index contributed by atoms with van der Waals surface area (Å²) in [5, 5.41) is 8.19. The molecule has 1 unspecified atom stereocenters. The topological polar surface area (TPSA) is 94.1 Å². The van der Waals surface area contributed by atoms with Gasteiger partial charge in [0, 0.05) is 18.5 Å². The normalized spacial score (nSPS) is 20.5. The highest BCUT2D eigenvalue weighted by Gasteiger charge is 2.36. The Morgan fingerprint density at radius 1 is 1.33 bits per heavy atom. The van der Waals surface area contributed by atoms with E-state index in [4.69, 9.17) is 4.52 Å². The van der Waals surface area contributed by atoms with Gasteiger partial charge in [-0.25, -0.2) is 4.68 Å². The van der Waals surface area contributed by atoms with Crippen molar-refractivity contribution in [3.8, 4) is 0 Å². The van der Waals surface area contributed by atoms with Crippen LogP contribution in [0, 0.1) is 6.92 Å². The van der Waals surface area contributed by atoms with Crippen LogP contribution >= 0.6 is 0 Å². The minimum Gasteiger partial charge on any atom is -0.339 e. The number of hydrogen-bond acceptors (Lipinski definition) is 6. The van der Waals surface area contributed by atoms with Crippen molar-refractivity contribution in [3.63, 3.8) is 0 Å². The summed E-state index contributed by atoms with van der Waals surface area (Å²) in [5.74, 6) is 1.51. The van der Waals surface area contributed by atoms with Crippen LogP contribution in [0.25, 0.3) is 0 Å². The molecular formula is C16H19N5O3. The number of amides is 1. The molecule has 1 amide bonds. The Kier molecular flexibility index (Phi) is 3.66. The number of aromatic nitrogens is 4. The molecule has 24 heavy (non-hydrogen) atoms. The van der Waals surface area contributed by atoms with E-state index in [0.717, 1.165) is 25.7 Å². The van der Waals surface area contributed by atoms with Gasteiger partial charge in [-0.15, -0.1) is 0 Å². The highest BCUT2D eigenvalue weighted by Crippen LogP contribution is 2.40. The summed E-state index contributed by atoms with van der Waals surface area (Å²) in [4.78, 5) is 30.7. The Bertz CT molecular complexity index is 823. The lowest BCUT2D eigenvalue weighted by molar-refractivity contribution is -0.133. The SMILES string of the molecule is Cc1ccc(=O)n(CC(=O)N2CCCC2c2noc(C3CC3)n2)n1. The molecule has 0 N–H and O–H groups in total. The molecule has 1 atom stereocenters. The highest BCUT2D eigenvalue weighted by molar-refractivity contribution is 5.76. The first-order valence-corrected chi connectivity index (χ1v) is 8.29. The van der Waals surface area contributed by atoms with Gasteiger partial charge >= 0.3 is 0 Å². The largest absolute Gasteiger partial charge is 0.339 e. The van der Waals surface area contributed by atoms with Crippen molar-refractivity contribution in [1.29, 1.82) is 0 Å². The van der Waals surface area contributed by atoms with Crippen molar-refractivity contribution in [2.75, 3.05) is 6.54 Å². The van der Waals surface area contributed by atoms with E-state index in [1.54, 1.807) is 17.9 Å². The standard InChI is InChI=1S/C16H19N5O3/c1-10-4-7-13(22)21(18-10)9-14(23)20-8-2-3-12(20)15-17-16(24-19-15)11-5-6-11/h4,7,11-12H,2-3,5-6,8-9H2,1H3. The summed E-state index contributed by atoms with van der Waals surface area (Å²) >= 11 is 0. The van der Waals surface area contributed by atoms with E-state index in [9.17, 15) is 9.59 Å². The van der Waals surface area contributed by atoms with Crippen molar-refractivity contribution in [2.45, 2.75) is 51.1 Å². The van der Waals surface area contributed by atoms with E-state index < -0.39 is 0 Å². The molecule has 3 heterocycles. The van der Waals surface area contributed by atoms with Gasteiger partial charge < -0.3 is 9.42 Å². The lowest BCUT2D eigenvalue weighted by atomic mass is 10.2. The fourth-order valence-electron chi connectivity index (χ4n) is 3.10. The van der Waals surface area contributed by atoms with Gasteiger partial charge in [-0.05, 0) is 38.7 Å². The fraction of sp³-hybridized carbons (Fsp3) is 0.562. The zero-order chi connectivity index (χ0) is 16.7. The molecule has 2 fully saturated rings. The van der Waals surface area contributed by atoms with Gasteiger partial charge in [-0.2, -0.15) is 10.1 Å². The summed E-state index contributed by atoms with van der Waals surface area (Å²) in [5.41, 5.74) is 0.424. The summed E-state index contributed by atoms with van der Waals surface area (Å²) in [7, 11) is 0. The number of carbonyl (C=O) groups is 1. The van der Waals surface area contributed by atoms with Crippen LogP contribution in [0.4, 0.5) is 0 Å². The average molecular weight is 329 g/mol. The number of rotatable bonds is 4. The summed E-state index contributed by atoms with van der Waals surface area (Å²) in [6.45, 7) is 2.36. The van der Waals surface area contributed by atoms with Crippen molar-refractivity contribution in [3.05, 3.63) is 39.9 Å². The molecule has 1 saturated carbocycles. The molecule has 0 bridgehead atoms. The van der Waals surface area contributed by atoms with Crippen LogP contribution in [0.5, 0.6) is 0 Å². The van der Waals surface area contributed by atoms with Crippen LogP contribution < -0.4 is 5.56 Å². The first-order chi connectivity index (χ1) is 11.6. The van der Waals surface area contributed by atoms with E-state index >= 15 is 0 Å². The predicted octanol–water partition coefficient (Wildman–Crippen LogP) is 1.18. The van der Waals surface area contributed by atoms with E-state index in [2.05, 4.69) is 15.2 Å². The van der Waals surface area contributed by atoms with Gasteiger partial charge in [0.2, 0.25) is 11.8 Å². The monoisotopic (exact) mass is 329 g/mol.